The number of aliphatic hydroxyl groups is 1. The van der Waals surface area contributed by atoms with Gasteiger partial charge < -0.3 is 14.9 Å². The molecule has 0 aromatic heterocycles. The lowest BCUT2D eigenvalue weighted by Crippen LogP contribution is -2.38. The number of carboxylic acids is 1. The highest BCUT2D eigenvalue weighted by Crippen LogP contribution is 2.49. The molecule has 19 heavy (non-hydrogen) atoms. The Kier molecular flexibility index (Phi) is 5.15. The number of carboxylic acid groups (broad SMARTS) is 1. The van der Waals surface area contributed by atoms with Crippen molar-refractivity contribution < 1.29 is 19.7 Å². The summed E-state index contributed by atoms with van der Waals surface area (Å²) in [5.41, 5.74) is -0.254. The Hall–Kier alpha value is -0.260. The van der Waals surface area contributed by atoms with E-state index < -0.39 is 5.97 Å². The molecule has 0 aliphatic carbocycles. The van der Waals surface area contributed by atoms with Gasteiger partial charge in [-0.25, -0.2) is 0 Å². The molecule has 2 rings (SSSR count). The molecule has 2 aliphatic heterocycles. The fraction of sp³-hybridized carbons (Fsp3) is 0.929. The van der Waals surface area contributed by atoms with Gasteiger partial charge in [0.15, 0.2) is 0 Å². The molecule has 4 atom stereocenters. The molecule has 5 heteroatoms. The second-order valence-electron chi connectivity index (χ2n) is 5.84. The number of hydrogen-bond donors (Lipinski definition) is 2. The van der Waals surface area contributed by atoms with Gasteiger partial charge in [0.2, 0.25) is 0 Å². The normalized spacial score (nSPS) is 34.6. The molecule has 2 N–H and O–H groups in total. The maximum Gasteiger partial charge on any atom is 0.303 e. The Balaban J connectivity index is 1.67. The van der Waals surface area contributed by atoms with Gasteiger partial charge in [-0.1, -0.05) is 6.92 Å². The van der Waals surface area contributed by atoms with Crippen LogP contribution in [0.1, 0.15) is 45.4 Å². The van der Waals surface area contributed by atoms with Crippen molar-refractivity contribution in [3.63, 3.8) is 0 Å². The minimum Gasteiger partial charge on any atom is -0.481 e. The van der Waals surface area contributed by atoms with E-state index in [9.17, 15) is 9.90 Å². The molecule has 0 amide bonds. The fourth-order valence-corrected chi connectivity index (χ4v) is 4.41. The third-order valence-electron chi connectivity index (χ3n) is 4.48. The molecule has 2 heterocycles. The lowest BCUT2D eigenvalue weighted by molar-refractivity contribution is -0.137. The number of thioether (sulfide) groups is 1. The van der Waals surface area contributed by atoms with E-state index in [2.05, 4.69) is 6.92 Å². The maximum absolute atomic E-state index is 10.5. The molecular weight excluding hydrogens is 264 g/mol. The predicted octanol–water partition coefficient (Wildman–Crippen LogP) is 2.29. The number of rotatable bonds is 8. The van der Waals surface area contributed by atoms with Crippen LogP contribution in [0.3, 0.4) is 0 Å². The molecule has 2 aliphatic rings. The largest absolute Gasteiger partial charge is 0.481 e. The molecule has 0 aromatic carbocycles. The van der Waals surface area contributed by atoms with Crippen LogP contribution in [0.5, 0.6) is 0 Å². The zero-order valence-corrected chi connectivity index (χ0v) is 12.3. The van der Waals surface area contributed by atoms with Gasteiger partial charge in [0.25, 0.3) is 0 Å². The number of aliphatic carboxylic acids is 1. The molecule has 0 spiro atoms. The van der Waals surface area contributed by atoms with Crippen molar-refractivity contribution in [2.45, 2.75) is 62.4 Å². The van der Waals surface area contributed by atoms with Gasteiger partial charge in [0.1, 0.15) is 0 Å². The van der Waals surface area contributed by atoms with E-state index in [-0.39, 0.29) is 18.6 Å². The van der Waals surface area contributed by atoms with Crippen LogP contribution < -0.4 is 0 Å². The average Bonchev–Trinajstić information content (AvgIpc) is 2.94. The van der Waals surface area contributed by atoms with Crippen LogP contribution in [0.2, 0.25) is 0 Å². The number of aliphatic hydroxyl groups excluding tert-OH is 1. The van der Waals surface area contributed by atoms with Crippen LogP contribution in [0.4, 0.5) is 0 Å². The number of fused-ring (bicyclic) bond motifs is 2. The monoisotopic (exact) mass is 288 g/mol. The van der Waals surface area contributed by atoms with E-state index in [4.69, 9.17) is 9.84 Å². The molecule has 0 aromatic rings. The molecule has 110 valence electrons. The molecular formula is C14H24O4S. The van der Waals surface area contributed by atoms with Crippen molar-refractivity contribution in [3.05, 3.63) is 0 Å². The molecule has 4 unspecified atom stereocenters. The molecule has 0 radical (unpaired) electrons. The van der Waals surface area contributed by atoms with Crippen LogP contribution >= 0.6 is 11.8 Å². The summed E-state index contributed by atoms with van der Waals surface area (Å²) < 4.78 is 5.92. The first-order valence-electron chi connectivity index (χ1n) is 7.18. The summed E-state index contributed by atoms with van der Waals surface area (Å²) in [7, 11) is 0. The van der Waals surface area contributed by atoms with E-state index in [0.29, 0.717) is 17.3 Å². The lowest BCUT2D eigenvalue weighted by Gasteiger charge is -2.31. The Bertz CT molecular complexity index is 323. The summed E-state index contributed by atoms with van der Waals surface area (Å²) in [6, 6.07) is 0. The molecule has 4 nitrogen and oxygen atoms in total. The van der Waals surface area contributed by atoms with E-state index in [1.54, 1.807) is 0 Å². The maximum atomic E-state index is 10.5. The van der Waals surface area contributed by atoms with Crippen molar-refractivity contribution in [3.8, 4) is 0 Å². The molecule has 2 bridgehead atoms. The quantitative estimate of drug-likeness (QED) is 0.717. The van der Waals surface area contributed by atoms with Gasteiger partial charge in [-0.3, -0.25) is 4.79 Å². The smallest absolute Gasteiger partial charge is 0.303 e. The van der Waals surface area contributed by atoms with Gasteiger partial charge in [-0.05, 0) is 43.8 Å². The molecule has 0 saturated carbocycles. The second kappa shape index (κ2) is 6.46. The zero-order chi connectivity index (χ0) is 13.9. The Morgan fingerprint density at radius 2 is 2.37 bits per heavy atom. The van der Waals surface area contributed by atoms with Crippen molar-refractivity contribution in [2.24, 2.45) is 5.92 Å². The average molecular weight is 288 g/mol. The van der Waals surface area contributed by atoms with E-state index in [0.717, 1.165) is 37.9 Å². The van der Waals surface area contributed by atoms with Crippen LogP contribution in [0.15, 0.2) is 0 Å². The predicted molar refractivity (Wildman–Crippen MR) is 75.4 cm³/mol. The Labute approximate surface area is 118 Å². The van der Waals surface area contributed by atoms with E-state index in [1.165, 1.54) is 0 Å². The highest BCUT2D eigenvalue weighted by Gasteiger charge is 2.52. The summed E-state index contributed by atoms with van der Waals surface area (Å²) in [6.45, 7) is 2.24. The zero-order valence-electron chi connectivity index (χ0n) is 11.5. The van der Waals surface area contributed by atoms with Crippen LogP contribution in [-0.2, 0) is 9.53 Å². The standard InChI is InChI=1S/C14H24O4S/c1-10(2-3-13(16)17)19-7-5-11-8-12-4-6-14(11,9-15)18-12/h10-12,15H,2-9H2,1H3,(H,16,17). The van der Waals surface area contributed by atoms with Crippen molar-refractivity contribution in [2.75, 3.05) is 12.4 Å². The van der Waals surface area contributed by atoms with Crippen molar-refractivity contribution in [1.29, 1.82) is 0 Å². The summed E-state index contributed by atoms with van der Waals surface area (Å²) >= 11 is 1.84. The van der Waals surface area contributed by atoms with E-state index >= 15 is 0 Å². The summed E-state index contributed by atoms with van der Waals surface area (Å²) in [5, 5.41) is 18.6. The summed E-state index contributed by atoms with van der Waals surface area (Å²) in [4.78, 5) is 10.5. The van der Waals surface area contributed by atoms with Gasteiger partial charge in [0, 0.05) is 11.7 Å². The minimum atomic E-state index is -0.715. The Morgan fingerprint density at radius 3 is 3.00 bits per heavy atom. The third-order valence-corrected chi connectivity index (χ3v) is 5.76. The molecule has 2 saturated heterocycles. The first-order chi connectivity index (χ1) is 9.05. The first-order valence-corrected chi connectivity index (χ1v) is 8.22. The highest BCUT2D eigenvalue weighted by atomic mass is 32.2. The fourth-order valence-electron chi connectivity index (χ4n) is 3.30. The SMILES string of the molecule is CC(CCC(=O)O)SCCC1CC2CCC1(CO)O2. The van der Waals surface area contributed by atoms with E-state index in [1.807, 2.05) is 11.8 Å². The topological polar surface area (TPSA) is 66.8 Å². The number of ether oxygens (including phenoxy) is 1. The van der Waals surface area contributed by atoms with Crippen LogP contribution in [0, 0.1) is 5.92 Å². The first kappa shape index (κ1) is 15.1. The lowest BCUT2D eigenvalue weighted by atomic mass is 9.77. The Morgan fingerprint density at radius 1 is 1.58 bits per heavy atom. The second-order valence-corrected chi connectivity index (χ2v) is 7.38. The minimum absolute atomic E-state index is 0.146. The van der Waals surface area contributed by atoms with Crippen molar-refractivity contribution in [1.82, 2.24) is 0 Å². The number of hydrogen-bond acceptors (Lipinski definition) is 4. The van der Waals surface area contributed by atoms with Gasteiger partial charge in [-0.15, -0.1) is 0 Å². The van der Waals surface area contributed by atoms with Gasteiger partial charge >= 0.3 is 5.97 Å². The van der Waals surface area contributed by atoms with Crippen LogP contribution in [0.25, 0.3) is 0 Å². The molecule has 2 fully saturated rings. The third kappa shape index (κ3) is 3.64. The van der Waals surface area contributed by atoms with Gasteiger partial charge in [0.05, 0.1) is 18.3 Å². The van der Waals surface area contributed by atoms with Crippen molar-refractivity contribution >= 4 is 17.7 Å². The summed E-state index contributed by atoms with van der Waals surface area (Å²) in [6.07, 6.45) is 5.60. The van der Waals surface area contributed by atoms with Gasteiger partial charge in [-0.2, -0.15) is 11.8 Å². The van der Waals surface area contributed by atoms with Crippen LogP contribution in [-0.4, -0.2) is 45.5 Å². The highest BCUT2D eigenvalue weighted by molar-refractivity contribution is 7.99. The number of carbonyl (C=O) groups is 1. The summed E-state index contributed by atoms with van der Waals surface area (Å²) in [5.74, 6) is 0.798.